The molecular formula is C27H33BrN2O4. The lowest BCUT2D eigenvalue weighted by Gasteiger charge is -2.28. The molecule has 0 aromatic heterocycles. The van der Waals surface area contributed by atoms with E-state index in [1.54, 1.807) is 17.0 Å². The van der Waals surface area contributed by atoms with E-state index in [1.807, 2.05) is 51.4 Å². The molecule has 0 radical (unpaired) electrons. The summed E-state index contributed by atoms with van der Waals surface area (Å²) in [6.07, 6.45) is 2.72. The molecular weight excluding hydrogens is 496 g/mol. The molecule has 1 atom stereocenters. The van der Waals surface area contributed by atoms with E-state index >= 15 is 0 Å². The molecule has 0 saturated carbocycles. The van der Waals surface area contributed by atoms with Gasteiger partial charge in [0.1, 0.15) is 5.75 Å². The number of quaternary nitrogens is 1. The molecule has 1 heterocycles. The molecule has 1 amide bonds. The second-order valence-corrected chi connectivity index (χ2v) is 9.93. The largest absolute Gasteiger partial charge is 0.872 e. The zero-order valence-electron chi connectivity index (χ0n) is 20.3. The molecule has 2 aromatic carbocycles. The summed E-state index contributed by atoms with van der Waals surface area (Å²) in [6.45, 7) is 5.80. The van der Waals surface area contributed by atoms with Gasteiger partial charge < -0.3 is 19.6 Å². The third-order valence-electron chi connectivity index (χ3n) is 5.98. The fourth-order valence-electron chi connectivity index (χ4n) is 4.19. The monoisotopic (exact) mass is 528 g/mol. The first-order valence-electron chi connectivity index (χ1n) is 11.8. The van der Waals surface area contributed by atoms with E-state index < -0.39 is 23.5 Å². The number of aryl methyl sites for hydroxylation is 1. The lowest BCUT2D eigenvalue weighted by atomic mass is 9.94. The predicted octanol–water partition coefficient (Wildman–Crippen LogP) is 2.70. The van der Waals surface area contributed by atoms with Gasteiger partial charge in [-0.25, -0.2) is 0 Å². The van der Waals surface area contributed by atoms with Crippen LogP contribution in [0.2, 0.25) is 0 Å². The maximum absolute atomic E-state index is 13.7. The summed E-state index contributed by atoms with van der Waals surface area (Å²) < 4.78 is 6.58. The molecule has 1 aliphatic rings. The molecule has 182 valence electrons. The zero-order valence-corrected chi connectivity index (χ0v) is 21.9. The Balaban J connectivity index is 2.04. The summed E-state index contributed by atoms with van der Waals surface area (Å²) in [4.78, 5) is 29.0. The summed E-state index contributed by atoms with van der Waals surface area (Å²) in [5.41, 5.74) is 1.89. The highest BCUT2D eigenvalue weighted by Gasteiger charge is 2.44. The number of likely N-dealkylation sites (tertiary alicyclic amines) is 1. The lowest BCUT2D eigenvalue weighted by Crippen LogP contribution is -3.05. The number of Topliss-reactive ketones (excluding diaryl/α,β-unsaturated/α-hetero) is 1. The molecule has 0 bridgehead atoms. The number of benzene rings is 2. The summed E-state index contributed by atoms with van der Waals surface area (Å²) >= 11 is 3.48. The van der Waals surface area contributed by atoms with E-state index in [0.717, 1.165) is 41.4 Å². The highest BCUT2D eigenvalue weighted by molar-refractivity contribution is 9.10. The second-order valence-electron chi connectivity index (χ2n) is 9.02. The van der Waals surface area contributed by atoms with Crippen LogP contribution in [0.25, 0.3) is 5.76 Å². The first-order valence-corrected chi connectivity index (χ1v) is 12.6. The fraction of sp³-hybridized carbons (Fsp3) is 0.407. The van der Waals surface area contributed by atoms with E-state index in [2.05, 4.69) is 22.9 Å². The number of nitrogens with one attached hydrogen (secondary N) is 1. The van der Waals surface area contributed by atoms with Crippen molar-refractivity contribution < 1.29 is 24.3 Å². The molecule has 0 spiro atoms. The van der Waals surface area contributed by atoms with Crippen molar-refractivity contribution in [1.82, 2.24) is 4.90 Å². The molecule has 2 aromatic rings. The van der Waals surface area contributed by atoms with Crippen molar-refractivity contribution in [2.75, 3.05) is 33.8 Å². The van der Waals surface area contributed by atoms with Crippen LogP contribution in [-0.2, 0) is 9.59 Å². The van der Waals surface area contributed by atoms with Crippen LogP contribution in [0.4, 0.5) is 0 Å². The number of hydrogen-bond acceptors (Lipinski definition) is 4. The van der Waals surface area contributed by atoms with Crippen LogP contribution in [0.5, 0.6) is 5.75 Å². The van der Waals surface area contributed by atoms with Gasteiger partial charge in [-0.2, -0.15) is 0 Å². The Morgan fingerprint density at radius 1 is 1.15 bits per heavy atom. The molecule has 34 heavy (non-hydrogen) atoms. The summed E-state index contributed by atoms with van der Waals surface area (Å²) in [5.74, 6) is -1.03. The standard InChI is InChI=1S/C27H33BrN2O4/c1-5-6-15-34-21-11-12-22(18(2)16-21)25(31)23-24(19-9-7-10-20(28)17-19)30(27(33)26(23)32)14-8-13-29(3)4/h7,9-12,16-17,24,31H,5-6,8,13-15H2,1-4H3/b25-23+. The number of hydrogen-bond donors (Lipinski definition) is 1. The average molecular weight is 529 g/mol. The Hall–Kier alpha value is -2.64. The maximum Gasteiger partial charge on any atom is 0.295 e. The van der Waals surface area contributed by atoms with Gasteiger partial charge in [-0.1, -0.05) is 53.2 Å². The van der Waals surface area contributed by atoms with E-state index in [9.17, 15) is 14.7 Å². The Morgan fingerprint density at radius 2 is 1.91 bits per heavy atom. The van der Waals surface area contributed by atoms with Gasteiger partial charge in [-0.15, -0.1) is 0 Å². The number of unbranched alkanes of at least 4 members (excludes halogenated alkanes) is 1. The summed E-state index contributed by atoms with van der Waals surface area (Å²) in [7, 11) is 4.09. The van der Waals surface area contributed by atoms with Crippen LogP contribution in [-0.4, -0.2) is 50.4 Å². The zero-order chi connectivity index (χ0) is 24.8. The first kappa shape index (κ1) is 26.0. The van der Waals surface area contributed by atoms with Crippen molar-refractivity contribution in [3.63, 3.8) is 0 Å². The number of ketones is 1. The Bertz CT molecular complexity index is 1080. The third kappa shape index (κ3) is 5.88. The van der Waals surface area contributed by atoms with E-state index in [0.29, 0.717) is 24.5 Å². The predicted molar refractivity (Wildman–Crippen MR) is 134 cm³/mol. The van der Waals surface area contributed by atoms with Crippen molar-refractivity contribution in [2.24, 2.45) is 0 Å². The molecule has 1 fully saturated rings. The molecule has 0 aliphatic carbocycles. The number of halogens is 1. The lowest BCUT2D eigenvalue weighted by molar-refractivity contribution is -0.858. The highest BCUT2D eigenvalue weighted by Crippen LogP contribution is 2.40. The number of amides is 1. The molecule has 1 N–H and O–H groups in total. The Labute approximate surface area is 210 Å². The van der Waals surface area contributed by atoms with Gasteiger partial charge in [0.05, 0.1) is 33.3 Å². The minimum Gasteiger partial charge on any atom is -0.872 e. The molecule has 7 heteroatoms. The van der Waals surface area contributed by atoms with Crippen LogP contribution in [0, 0.1) is 6.92 Å². The quantitative estimate of drug-likeness (QED) is 0.222. The molecule has 1 aliphatic heterocycles. The van der Waals surface area contributed by atoms with E-state index in [1.165, 1.54) is 4.90 Å². The van der Waals surface area contributed by atoms with Crippen LogP contribution < -0.4 is 14.7 Å². The van der Waals surface area contributed by atoms with Gasteiger partial charge in [0.2, 0.25) is 5.78 Å². The van der Waals surface area contributed by atoms with Crippen LogP contribution >= 0.6 is 15.9 Å². The summed E-state index contributed by atoms with van der Waals surface area (Å²) in [6, 6.07) is 12.0. The minimum atomic E-state index is -0.713. The molecule has 1 unspecified atom stereocenters. The fourth-order valence-corrected chi connectivity index (χ4v) is 4.60. The highest BCUT2D eigenvalue weighted by atomic mass is 79.9. The van der Waals surface area contributed by atoms with Gasteiger partial charge in [-0.3, -0.25) is 9.59 Å². The van der Waals surface area contributed by atoms with Crippen LogP contribution in [0.15, 0.2) is 52.5 Å². The number of rotatable bonds is 10. The topological polar surface area (TPSA) is 74.1 Å². The maximum atomic E-state index is 13.7. The molecule has 1 saturated heterocycles. The first-order chi connectivity index (χ1) is 16.2. The van der Waals surface area contributed by atoms with Crippen molar-refractivity contribution >= 4 is 33.4 Å². The van der Waals surface area contributed by atoms with Crippen molar-refractivity contribution in [3.8, 4) is 5.75 Å². The SMILES string of the molecule is CCCCOc1ccc(/C([O-])=C2\C(=O)C(=O)N(CCC[NH+](C)C)C2c2cccc(Br)c2)c(C)c1. The Kier molecular flexibility index (Phi) is 8.91. The van der Waals surface area contributed by atoms with Gasteiger partial charge in [0.25, 0.3) is 5.91 Å². The number of carbonyl (C=O) groups is 2. The van der Waals surface area contributed by atoms with Crippen molar-refractivity contribution in [2.45, 2.75) is 39.2 Å². The average Bonchev–Trinajstić information content (AvgIpc) is 3.04. The minimum absolute atomic E-state index is 0.0167. The Morgan fingerprint density at radius 3 is 2.56 bits per heavy atom. The van der Waals surface area contributed by atoms with Crippen molar-refractivity contribution in [1.29, 1.82) is 0 Å². The van der Waals surface area contributed by atoms with Gasteiger partial charge in [-0.05, 0) is 54.3 Å². The molecule has 6 nitrogen and oxygen atoms in total. The van der Waals surface area contributed by atoms with Crippen LogP contribution in [0.1, 0.15) is 48.9 Å². The summed E-state index contributed by atoms with van der Waals surface area (Å²) in [5, 5.41) is 13.7. The van der Waals surface area contributed by atoms with Gasteiger partial charge in [0.15, 0.2) is 0 Å². The van der Waals surface area contributed by atoms with Crippen LogP contribution in [0.3, 0.4) is 0 Å². The van der Waals surface area contributed by atoms with Crippen molar-refractivity contribution in [3.05, 3.63) is 69.2 Å². The third-order valence-corrected chi connectivity index (χ3v) is 6.47. The smallest absolute Gasteiger partial charge is 0.295 e. The van der Waals surface area contributed by atoms with E-state index in [-0.39, 0.29) is 5.57 Å². The normalized spacial score (nSPS) is 17.6. The number of nitrogens with zero attached hydrogens (tertiary/aromatic N) is 1. The van der Waals surface area contributed by atoms with Gasteiger partial charge in [0, 0.05) is 23.0 Å². The second kappa shape index (κ2) is 11.7. The number of carbonyl (C=O) groups excluding carboxylic acids is 2. The molecule has 3 rings (SSSR count). The van der Waals surface area contributed by atoms with Gasteiger partial charge >= 0.3 is 0 Å². The number of ether oxygens (including phenoxy) is 1. The van der Waals surface area contributed by atoms with E-state index in [4.69, 9.17) is 4.74 Å².